The molecule has 0 radical (unpaired) electrons. The van der Waals surface area contributed by atoms with E-state index in [1.807, 2.05) is 18.2 Å². The Labute approximate surface area is 248 Å². The summed E-state index contributed by atoms with van der Waals surface area (Å²) in [6.07, 6.45) is 1.43. The molecule has 42 heavy (non-hydrogen) atoms. The Balaban J connectivity index is 1.74. The van der Waals surface area contributed by atoms with Crippen LogP contribution in [-0.2, 0) is 10.8 Å². The van der Waals surface area contributed by atoms with Crippen LogP contribution in [0.3, 0.4) is 0 Å². The Morgan fingerprint density at radius 3 is 1.81 bits per heavy atom. The van der Waals surface area contributed by atoms with Gasteiger partial charge in [0.1, 0.15) is 29.1 Å². The van der Waals surface area contributed by atoms with Gasteiger partial charge in [0.15, 0.2) is 11.2 Å². The summed E-state index contributed by atoms with van der Waals surface area (Å²) in [7, 11) is 0. The van der Waals surface area contributed by atoms with E-state index in [0.29, 0.717) is 22.5 Å². The maximum Gasteiger partial charge on any atom is 0.181 e. The molecule has 5 aromatic rings. The average Bonchev–Trinajstić information content (AvgIpc) is 3.46. The van der Waals surface area contributed by atoms with Gasteiger partial charge in [-0.05, 0) is 95.8 Å². The van der Waals surface area contributed by atoms with Gasteiger partial charge in [-0.3, -0.25) is 0 Å². The van der Waals surface area contributed by atoms with Gasteiger partial charge in [-0.25, -0.2) is 0 Å². The van der Waals surface area contributed by atoms with E-state index < -0.39 is 0 Å². The lowest BCUT2D eigenvalue weighted by Crippen LogP contribution is -2.19. The van der Waals surface area contributed by atoms with E-state index in [4.69, 9.17) is 19.4 Å². The van der Waals surface area contributed by atoms with Crippen molar-refractivity contribution in [1.29, 1.82) is 10.5 Å². The van der Waals surface area contributed by atoms with Crippen LogP contribution in [0.5, 0.6) is 0 Å². The molecule has 5 nitrogen and oxygen atoms in total. The summed E-state index contributed by atoms with van der Waals surface area (Å²) in [4.78, 5) is 2.31. The van der Waals surface area contributed by atoms with Gasteiger partial charge >= 0.3 is 0 Å². The number of aryl methyl sites for hydroxylation is 2. The molecule has 0 aliphatic carbocycles. The first kappa shape index (κ1) is 28.8. The lowest BCUT2D eigenvalue weighted by molar-refractivity contribution is 0.569. The van der Waals surface area contributed by atoms with Crippen LogP contribution in [0.1, 0.15) is 75.1 Å². The molecule has 2 heterocycles. The Kier molecular flexibility index (Phi) is 7.04. The number of allylic oxidation sites excluding steroid dienone is 1. The van der Waals surface area contributed by atoms with E-state index in [0.717, 1.165) is 22.4 Å². The van der Waals surface area contributed by atoms with Crippen molar-refractivity contribution >= 4 is 45.3 Å². The normalized spacial score (nSPS) is 11.9. The molecule has 3 aromatic carbocycles. The topological polar surface area (TPSA) is 77.1 Å². The number of rotatable bonds is 4. The lowest BCUT2D eigenvalue weighted by atomic mass is 9.80. The second-order valence-electron chi connectivity index (χ2n) is 13.2. The molecule has 5 heteroatoms. The number of hydrogen-bond acceptors (Lipinski definition) is 5. The molecule has 0 aliphatic heterocycles. The van der Waals surface area contributed by atoms with Crippen LogP contribution in [-0.4, -0.2) is 0 Å². The van der Waals surface area contributed by atoms with Gasteiger partial charge < -0.3 is 13.7 Å². The largest absolute Gasteiger partial charge is 0.452 e. The highest BCUT2D eigenvalue weighted by Gasteiger charge is 2.24. The zero-order valence-corrected chi connectivity index (χ0v) is 25.9. The van der Waals surface area contributed by atoms with Crippen molar-refractivity contribution in [3.8, 4) is 12.1 Å². The van der Waals surface area contributed by atoms with Gasteiger partial charge in [-0.2, -0.15) is 10.5 Å². The molecule has 212 valence electrons. The zero-order valence-electron chi connectivity index (χ0n) is 25.9. The van der Waals surface area contributed by atoms with Crippen LogP contribution in [0.25, 0.3) is 28.2 Å². The number of furan rings is 2. The minimum atomic E-state index is -0.0284. The number of hydrogen-bond donors (Lipinski definition) is 0. The summed E-state index contributed by atoms with van der Waals surface area (Å²) in [5.74, 6) is 0.411. The molecule has 0 amide bonds. The van der Waals surface area contributed by atoms with Crippen molar-refractivity contribution in [1.82, 2.24) is 0 Å². The van der Waals surface area contributed by atoms with E-state index in [-0.39, 0.29) is 16.4 Å². The zero-order chi connectivity index (χ0) is 30.6. The molecule has 0 unspecified atom stereocenters. The fraction of sp³-hybridized carbons (Fsp3) is 0.297. The van der Waals surface area contributed by atoms with Crippen LogP contribution in [0.2, 0.25) is 0 Å². The van der Waals surface area contributed by atoms with E-state index in [9.17, 15) is 0 Å². The maximum atomic E-state index is 9.12. The van der Waals surface area contributed by atoms with Crippen molar-refractivity contribution < 1.29 is 8.83 Å². The second-order valence-corrected chi connectivity index (χ2v) is 13.2. The van der Waals surface area contributed by atoms with Gasteiger partial charge in [-0.15, -0.1) is 0 Å². The first-order chi connectivity index (χ1) is 19.7. The molecule has 0 saturated heterocycles. The van der Waals surface area contributed by atoms with Gasteiger partial charge in [0.2, 0.25) is 0 Å². The molecule has 0 atom stereocenters. The maximum absolute atomic E-state index is 9.12. The highest BCUT2D eigenvalue weighted by molar-refractivity contribution is 6.03. The standard InChI is InChI=1S/C37H37N3O2/c1-22-12-29(13-23(2)24(22)3)40(30-16-26(36(4,5)6)15-27(17-30)37(7,8)9)28-10-11-32-33(18-28)42-34-19-31(41-35(32)34)14-25(20-38)21-39/h10-19H,1-9H3. The lowest BCUT2D eigenvalue weighted by Gasteiger charge is -2.31. The third-order valence-corrected chi connectivity index (χ3v) is 8.01. The van der Waals surface area contributed by atoms with Crippen LogP contribution in [0.15, 0.2) is 69.0 Å². The Bertz CT molecular complexity index is 1890. The predicted octanol–water partition coefficient (Wildman–Crippen LogP) is 10.6. The van der Waals surface area contributed by atoms with Gasteiger partial charge in [0.25, 0.3) is 0 Å². The summed E-state index contributed by atoms with van der Waals surface area (Å²) in [5.41, 5.74) is 11.3. The third kappa shape index (κ3) is 5.31. The van der Waals surface area contributed by atoms with Crippen molar-refractivity contribution in [3.05, 3.63) is 93.7 Å². The minimum absolute atomic E-state index is 0.0237. The molecular weight excluding hydrogens is 518 g/mol. The SMILES string of the molecule is Cc1cc(N(c2cc(C(C)(C)C)cc(C(C)(C)C)c2)c2ccc3c(c2)oc2cc(C=C(C#N)C#N)oc23)cc(C)c1C. The number of anilines is 3. The van der Waals surface area contributed by atoms with E-state index in [1.165, 1.54) is 33.9 Å². The Morgan fingerprint density at radius 1 is 0.690 bits per heavy atom. The number of nitrogens with zero attached hydrogens (tertiary/aromatic N) is 3. The predicted molar refractivity (Wildman–Crippen MR) is 171 cm³/mol. The van der Waals surface area contributed by atoms with Crippen LogP contribution < -0.4 is 4.90 Å². The van der Waals surface area contributed by atoms with Gasteiger partial charge in [0.05, 0.1) is 5.39 Å². The minimum Gasteiger partial charge on any atom is -0.452 e. The summed E-state index contributed by atoms with van der Waals surface area (Å²) in [6.45, 7) is 20.0. The molecule has 0 spiro atoms. The molecule has 0 N–H and O–H groups in total. The van der Waals surface area contributed by atoms with Crippen molar-refractivity contribution in [3.63, 3.8) is 0 Å². The molecule has 0 bridgehead atoms. The number of fused-ring (bicyclic) bond motifs is 3. The Hall–Kier alpha value is -4.74. The smallest absolute Gasteiger partial charge is 0.181 e. The third-order valence-electron chi connectivity index (χ3n) is 8.01. The second kappa shape index (κ2) is 10.3. The summed E-state index contributed by atoms with van der Waals surface area (Å²) < 4.78 is 12.2. The van der Waals surface area contributed by atoms with Gasteiger partial charge in [0, 0.05) is 35.3 Å². The van der Waals surface area contributed by atoms with Crippen molar-refractivity contribution in [2.75, 3.05) is 4.90 Å². The summed E-state index contributed by atoms with van der Waals surface area (Å²) >= 11 is 0. The molecule has 2 aromatic heterocycles. The van der Waals surface area contributed by atoms with Crippen molar-refractivity contribution in [2.45, 2.75) is 73.1 Å². The van der Waals surface area contributed by atoms with Crippen LogP contribution in [0.4, 0.5) is 17.1 Å². The van der Waals surface area contributed by atoms with E-state index in [2.05, 4.69) is 110 Å². The van der Waals surface area contributed by atoms with Crippen molar-refractivity contribution in [2.24, 2.45) is 0 Å². The first-order valence-corrected chi connectivity index (χ1v) is 14.2. The first-order valence-electron chi connectivity index (χ1n) is 14.2. The monoisotopic (exact) mass is 555 g/mol. The molecule has 0 fully saturated rings. The molecule has 5 rings (SSSR count). The van der Waals surface area contributed by atoms with E-state index >= 15 is 0 Å². The average molecular weight is 556 g/mol. The molecular formula is C37H37N3O2. The quantitative estimate of drug-likeness (QED) is 0.206. The summed E-state index contributed by atoms with van der Waals surface area (Å²) in [6, 6.07) is 23.1. The van der Waals surface area contributed by atoms with Gasteiger partial charge in [-0.1, -0.05) is 47.6 Å². The van der Waals surface area contributed by atoms with Crippen LogP contribution in [0, 0.1) is 43.4 Å². The highest BCUT2D eigenvalue weighted by Crippen LogP contribution is 2.43. The number of benzene rings is 3. The van der Waals surface area contributed by atoms with Crippen LogP contribution >= 0.6 is 0 Å². The fourth-order valence-electron chi connectivity index (χ4n) is 5.19. The fourth-order valence-corrected chi connectivity index (χ4v) is 5.19. The number of nitriles is 2. The molecule has 0 aliphatic rings. The molecule has 0 saturated carbocycles. The van der Waals surface area contributed by atoms with E-state index in [1.54, 1.807) is 6.07 Å². The highest BCUT2D eigenvalue weighted by atomic mass is 16.4. The summed E-state index contributed by atoms with van der Waals surface area (Å²) in [5, 5.41) is 19.1. The Morgan fingerprint density at radius 2 is 1.26 bits per heavy atom.